The van der Waals surface area contributed by atoms with Gasteiger partial charge in [-0.25, -0.2) is 0 Å². The van der Waals surface area contributed by atoms with E-state index in [2.05, 4.69) is 20.8 Å². The van der Waals surface area contributed by atoms with Crippen LogP contribution in [0.15, 0.2) is 0 Å². The van der Waals surface area contributed by atoms with Gasteiger partial charge in [0.2, 0.25) is 0 Å². The highest BCUT2D eigenvalue weighted by atomic mass is 16.3. The lowest BCUT2D eigenvalue weighted by molar-refractivity contribution is -0.0912. The normalized spacial score (nSPS) is 54.0. The van der Waals surface area contributed by atoms with Crippen LogP contribution in [0.25, 0.3) is 0 Å². The molecule has 0 heterocycles. The molecule has 0 bridgehead atoms. The van der Waals surface area contributed by atoms with Crippen LogP contribution < -0.4 is 0 Å². The van der Waals surface area contributed by atoms with Gasteiger partial charge in [-0.15, -0.1) is 0 Å². The SMILES string of the molecule is CCC12CCC3C4CCC(C)CC4CCC3C1CCC2C(C)O. The maximum absolute atomic E-state index is 10.4. The number of rotatable bonds is 2. The Hall–Kier alpha value is -0.0400. The van der Waals surface area contributed by atoms with Gasteiger partial charge < -0.3 is 5.11 Å². The summed E-state index contributed by atoms with van der Waals surface area (Å²) < 4.78 is 0. The summed E-state index contributed by atoms with van der Waals surface area (Å²) in [5.74, 6) is 6.67. The van der Waals surface area contributed by atoms with Crippen LogP contribution in [-0.4, -0.2) is 11.2 Å². The van der Waals surface area contributed by atoms with E-state index in [0.717, 1.165) is 35.5 Å². The van der Waals surface area contributed by atoms with Gasteiger partial charge in [-0.3, -0.25) is 0 Å². The third kappa shape index (κ3) is 2.43. The van der Waals surface area contributed by atoms with Crippen molar-refractivity contribution >= 4 is 0 Å². The molecule has 0 saturated heterocycles. The lowest BCUT2D eigenvalue weighted by Crippen LogP contribution is -2.50. The molecule has 4 fully saturated rings. The summed E-state index contributed by atoms with van der Waals surface area (Å²) >= 11 is 0. The van der Waals surface area contributed by atoms with Gasteiger partial charge in [0.1, 0.15) is 0 Å². The van der Waals surface area contributed by atoms with Crippen molar-refractivity contribution in [1.82, 2.24) is 0 Å². The summed E-state index contributed by atoms with van der Waals surface area (Å²) in [6, 6.07) is 0. The molecule has 1 nitrogen and oxygen atoms in total. The molecule has 4 aliphatic rings. The van der Waals surface area contributed by atoms with Gasteiger partial charge >= 0.3 is 0 Å². The predicted molar refractivity (Wildman–Crippen MR) is 96.1 cm³/mol. The first-order chi connectivity index (χ1) is 11.1. The first-order valence-electron chi connectivity index (χ1n) is 10.7. The summed E-state index contributed by atoms with van der Waals surface area (Å²) in [4.78, 5) is 0. The maximum atomic E-state index is 10.4. The van der Waals surface area contributed by atoms with Crippen molar-refractivity contribution in [2.45, 2.75) is 91.1 Å². The Bertz CT molecular complexity index is 430. The number of hydrogen-bond donors (Lipinski definition) is 1. The fourth-order valence-corrected chi connectivity index (χ4v) is 8.36. The molecule has 1 N–H and O–H groups in total. The number of hydrogen-bond acceptors (Lipinski definition) is 1. The Kier molecular flexibility index (Phi) is 4.32. The summed E-state index contributed by atoms with van der Waals surface area (Å²) in [5.41, 5.74) is 0.490. The van der Waals surface area contributed by atoms with E-state index >= 15 is 0 Å². The van der Waals surface area contributed by atoms with E-state index in [1.807, 2.05) is 0 Å². The van der Waals surface area contributed by atoms with Gasteiger partial charge in [0.15, 0.2) is 0 Å². The molecule has 0 aromatic carbocycles. The summed E-state index contributed by atoms with van der Waals surface area (Å²) in [5, 5.41) is 10.4. The molecule has 0 radical (unpaired) electrons. The van der Waals surface area contributed by atoms with Crippen LogP contribution in [0.3, 0.4) is 0 Å². The second-order valence-electron chi connectivity index (χ2n) is 9.90. The summed E-state index contributed by atoms with van der Waals surface area (Å²) in [7, 11) is 0. The average molecular weight is 319 g/mol. The first kappa shape index (κ1) is 16.4. The second-order valence-corrected chi connectivity index (χ2v) is 9.90. The Labute approximate surface area is 143 Å². The van der Waals surface area contributed by atoms with Crippen molar-refractivity contribution in [1.29, 1.82) is 0 Å². The molecular weight excluding hydrogens is 280 g/mol. The highest BCUT2D eigenvalue weighted by molar-refractivity contribution is 5.07. The van der Waals surface area contributed by atoms with Crippen molar-refractivity contribution in [3.63, 3.8) is 0 Å². The first-order valence-corrected chi connectivity index (χ1v) is 10.7. The van der Waals surface area contributed by atoms with Crippen molar-refractivity contribution in [2.24, 2.45) is 46.8 Å². The Morgan fingerprint density at radius 3 is 2.48 bits per heavy atom. The molecule has 4 rings (SSSR count). The van der Waals surface area contributed by atoms with Gasteiger partial charge in [0, 0.05) is 0 Å². The third-order valence-electron chi connectivity index (χ3n) is 9.24. The molecule has 4 aliphatic carbocycles. The van der Waals surface area contributed by atoms with Crippen LogP contribution in [0, 0.1) is 46.8 Å². The molecule has 0 spiro atoms. The van der Waals surface area contributed by atoms with Gasteiger partial charge in [0.05, 0.1) is 6.10 Å². The smallest absolute Gasteiger partial charge is 0.0545 e. The molecule has 9 unspecified atom stereocenters. The minimum Gasteiger partial charge on any atom is -0.393 e. The molecule has 0 aromatic rings. The minimum atomic E-state index is -0.0941. The van der Waals surface area contributed by atoms with Gasteiger partial charge in [-0.2, -0.15) is 0 Å². The van der Waals surface area contributed by atoms with Crippen LogP contribution in [0.1, 0.15) is 85.0 Å². The molecule has 0 amide bonds. The number of fused-ring (bicyclic) bond motifs is 5. The highest BCUT2D eigenvalue weighted by Crippen LogP contribution is 2.66. The van der Waals surface area contributed by atoms with E-state index in [9.17, 15) is 5.11 Å². The van der Waals surface area contributed by atoms with Crippen LogP contribution >= 0.6 is 0 Å². The predicted octanol–water partition coefficient (Wildman–Crippen LogP) is 5.66. The lowest BCUT2D eigenvalue weighted by atomic mass is 9.48. The van der Waals surface area contributed by atoms with E-state index in [4.69, 9.17) is 0 Å². The van der Waals surface area contributed by atoms with Crippen molar-refractivity contribution in [3.05, 3.63) is 0 Å². The fourth-order valence-electron chi connectivity index (χ4n) is 8.36. The standard InChI is InChI=1S/C22H38O/c1-4-22-12-11-18-17-7-5-14(2)13-16(17)6-8-19(18)21(22)10-9-20(22)15(3)23/h14-21,23H,4-13H2,1-3H3. The van der Waals surface area contributed by atoms with Gasteiger partial charge in [0.25, 0.3) is 0 Å². The summed E-state index contributed by atoms with van der Waals surface area (Å²) in [6.45, 7) is 6.97. The Balaban J connectivity index is 1.58. The van der Waals surface area contributed by atoms with E-state index in [1.54, 1.807) is 0 Å². The topological polar surface area (TPSA) is 20.2 Å². The van der Waals surface area contributed by atoms with Crippen LogP contribution in [0.2, 0.25) is 0 Å². The quantitative estimate of drug-likeness (QED) is 0.696. The maximum Gasteiger partial charge on any atom is 0.0545 e. The molecule has 132 valence electrons. The molecule has 0 aromatic heterocycles. The van der Waals surface area contributed by atoms with E-state index in [0.29, 0.717) is 11.3 Å². The second kappa shape index (κ2) is 6.04. The molecular formula is C22H38O. The van der Waals surface area contributed by atoms with Crippen molar-refractivity contribution in [2.75, 3.05) is 0 Å². The fraction of sp³-hybridized carbons (Fsp3) is 1.00. The van der Waals surface area contributed by atoms with E-state index in [-0.39, 0.29) is 6.10 Å². The van der Waals surface area contributed by atoms with E-state index in [1.165, 1.54) is 64.2 Å². The Morgan fingerprint density at radius 1 is 0.957 bits per heavy atom. The lowest BCUT2D eigenvalue weighted by Gasteiger charge is -2.57. The van der Waals surface area contributed by atoms with Crippen LogP contribution in [0.5, 0.6) is 0 Å². The van der Waals surface area contributed by atoms with E-state index < -0.39 is 0 Å². The van der Waals surface area contributed by atoms with Gasteiger partial charge in [-0.05, 0) is 112 Å². The number of aliphatic hydroxyl groups is 1. The third-order valence-corrected chi connectivity index (χ3v) is 9.24. The van der Waals surface area contributed by atoms with Crippen LogP contribution in [-0.2, 0) is 0 Å². The molecule has 1 heteroatoms. The molecule has 9 atom stereocenters. The van der Waals surface area contributed by atoms with Gasteiger partial charge in [-0.1, -0.05) is 20.3 Å². The average Bonchev–Trinajstić information content (AvgIpc) is 2.94. The Morgan fingerprint density at radius 2 is 1.74 bits per heavy atom. The highest BCUT2D eigenvalue weighted by Gasteiger charge is 2.58. The molecule has 0 aliphatic heterocycles. The summed E-state index contributed by atoms with van der Waals surface area (Å²) in [6.07, 6.45) is 14.4. The number of aliphatic hydroxyl groups excluding tert-OH is 1. The van der Waals surface area contributed by atoms with Crippen molar-refractivity contribution in [3.8, 4) is 0 Å². The van der Waals surface area contributed by atoms with Crippen molar-refractivity contribution < 1.29 is 5.11 Å². The zero-order chi connectivity index (χ0) is 16.2. The minimum absolute atomic E-state index is 0.0941. The zero-order valence-corrected chi connectivity index (χ0v) is 15.6. The van der Waals surface area contributed by atoms with Crippen LogP contribution in [0.4, 0.5) is 0 Å². The largest absolute Gasteiger partial charge is 0.393 e. The molecule has 4 saturated carbocycles. The zero-order valence-electron chi connectivity index (χ0n) is 15.6. The monoisotopic (exact) mass is 318 g/mol. The molecule has 23 heavy (non-hydrogen) atoms.